The first-order valence-corrected chi connectivity index (χ1v) is 5.48. The molecule has 0 spiro atoms. The molecule has 0 saturated carbocycles. The second-order valence-corrected chi connectivity index (χ2v) is 3.98. The Balaban J connectivity index is 2.75. The fourth-order valence-corrected chi connectivity index (χ4v) is 2.06. The number of allylic oxidation sites excluding steroid dienone is 2. The van der Waals surface area contributed by atoms with E-state index < -0.39 is 17.9 Å². The first-order valence-electron chi connectivity index (χ1n) is 5.48. The first kappa shape index (κ1) is 12.7. The van der Waals surface area contributed by atoms with Crippen LogP contribution in [0.2, 0.25) is 0 Å². The van der Waals surface area contributed by atoms with E-state index in [9.17, 15) is 9.59 Å². The molecule has 4 heteroatoms. The lowest BCUT2D eigenvalue weighted by Crippen LogP contribution is -2.32. The lowest BCUT2D eigenvalue weighted by Gasteiger charge is -2.18. The van der Waals surface area contributed by atoms with Crippen molar-refractivity contribution < 1.29 is 19.1 Å². The van der Waals surface area contributed by atoms with Crippen LogP contribution in [0.25, 0.3) is 0 Å². The largest absolute Gasteiger partial charge is 0.468 e. The van der Waals surface area contributed by atoms with Crippen molar-refractivity contribution in [3.05, 3.63) is 12.2 Å². The third-order valence-corrected chi connectivity index (χ3v) is 3.07. The molecule has 1 rings (SSSR count). The number of esters is 2. The maximum Gasteiger partial charge on any atom is 0.320 e. The third kappa shape index (κ3) is 2.62. The number of hydrogen-bond acceptors (Lipinski definition) is 4. The van der Waals surface area contributed by atoms with Crippen molar-refractivity contribution in [1.29, 1.82) is 0 Å². The molecule has 1 aliphatic carbocycles. The molecule has 90 valence electrons. The minimum Gasteiger partial charge on any atom is -0.468 e. The summed E-state index contributed by atoms with van der Waals surface area (Å²) in [6.45, 7) is 2.09. The van der Waals surface area contributed by atoms with Gasteiger partial charge >= 0.3 is 11.9 Å². The Morgan fingerprint density at radius 1 is 1.25 bits per heavy atom. The molecule has 0 aromatic carbocycles. The Kier molecular flexibility index (Phi) is 4.52. The zero-order valence-corrected chi connectivity index (χ0v) is 9.93. The monoisotopic (exact) mass is 226 g/mol. The predicted molar refractivity (Wildman–Crippen MR) is 58.6 cm³/mol. The molecule has 2 atom stereocenters. The maximum atomic E-state index is 11.5. The van der Waals surface area contributed by atoms with E-state index in [0.29, 0.717) is 5.92 Å². The van der Waals surface area contributed by atoms with E-state index in [2.05, 4.69) is 22.5 Å². The highest BCUT2D eigenvalue weighted by Crippen LogP contribution is 2.32. The van der Waals surface area contributed by atoms with Gasteiger partial charge in [0.2, 0.25) is 0 Å². The highest BCUT2D eigenvalue weighted by molar-refractivity contribution is 5.95. The van der Waals surface area contributed by atoms with E-state index in [1.54, 1.807) is 0 Å². The average Bonchev–Trinajstić information content (AvgIpc) is 2.77. The van der Waals surface area contributed by atoms with Crippen LogP contribution >= 0.6 is 0 Å². The molecule has 0 heterocycles. The van der Waals surface area contributed by atoms with Crippen LogP contribution in [0, 0.1) is 17.8 Å². The van der Waals surface area contributed by atoms with Gasteiger partial charge in [-0.1, -0.05) is 19.1 Å². The van der Waals surface area contributed by atoms with Crippen molar-refractivity contribution in [2.75, 3.05) is 14.2 Å². The molecule has 0 amide bonds. The Hall–Kier alpha value is -1.32. The van der Waals surface area contributed by atoms with Crippen LogP contribution in [0.4, 0.5) is 0 Å². The molecule has 0 aromatic rings. The Bertz CT molecular complexity index is 279. The zero-order valence-electron chi connectivity index (χ0n) is 9.93. The van der Waals surface area contributed by atoms with E-state index in [1.807, 2.05) is 6.08 Å². The van der Waals surface area contributed by atoms with Crippen molar-refractivity contribution in [1.82, 2.24) is 0 Å². The van der Waals surface area contributed by atoms with Gasteiger partial charge in [-0.05, 0) is 18.8 Å². The van der Waals surface area contributed by atoms with Crippen LogP contribution in [0.15, 0.2) is 12.2 Å². The molecule has 0 fully saturated rings. The summed E-state index contributed by atoms with van der Waals surface area (Å²) in [6.07, 6.45) is 5.81. The molecule has 0 unspecified atom stereocenters. The molecule has 4 nitrogen and oxygen atoms in total. The molecular weight excluding hydrogens is 208 g/mol. The number of ether oxygens (including phenoxy) is 2. The van der Waals surface area contributed by atoms with Crippen molar-refractivity contribution >= 4 is 11.9 Å². The molecule has 0 aliphatic heterocycles. The van der Waals surface area contributed by atoms with Gasteiger partial charge in [-0.2, -0.15) is 0 Å². The molecule has 0 aromatic heterocycles. The number of rotatable bonds is 4. The topological polar surface area (TPSA) is 52.6 Å². The summed E-state index contributed by atoms with van der Waals surface area (Å²) in [5.41, 5.74) is 0. The van der Waals surface area contributed by atoms with Gasteiger partial charge in [0.15, 0.2) is 5.92 Å². The third-order valence-electron chi connectivity index (χ3n) is 3.07. The van der Waals surface area contributed by atoms with E-state index in [0.717, 1.165) is 12.8 Å². The van der Waals surface area contributed by atoms with Crippen LogP contribution in [0.1, 0.15) is 19.8 Å². The number of carbonyl (C=O) groups is 2. The van der Waals surface area contributed by atoms with Crippen molar-refractivity contribution in [2.45, 2.75) is 19.8 Å². The van der Waals surface area contributed by atoms with E-state index in [-0.39, 0.29) is 5.92 Å². The molecule has 0 saturated heterocycles. The van der Waals surface area contributed by atoms with E-state index in [1.165, 1.54) is 14.2 Å². The van der Waals surface area contributed by atoms with Gasteiger partial charge in [-0.3, -0.25) is 9.59 Å². The van der Waals surface area contributed by atoms with Crippen LogP contribution in [0.3, 0.4) is 0 Å². The zero-order chi connectivity index (χ0) is 12.1. The number of carbonyl (C=O) groups excluding carboxylic acids is 2. The van der Waals surface area contributed by atoms with Crippen LogP contribution < -0.4 is 0 Å². The van der Waals surface area contributed by atoms with E-state index >= 15 is 0 Å². The summed E-state index contributed by atoms with van der Waals surface area (Å²) in [4.78, 5) is 23.1. The standard InChI is InChI=1S/C12H18O4/c1-4-8-5-6-9(7-8)10(11(13)15-2)12(14)16-3/h5-6,8-10H,4,7H2,1-3H3/t8-,9-/m1/s1. The smallest absolute Gasteiger partial charge is 0.320 e. The Morgan fingerprint density at radius 2 is 1.81 bits per heavy atom. The molecule has 16 heavy (non-hydrogen) atoms. The number of methoxy groups -OCH3 is 2. The quantitative estimate of drug-likeness (QED) is 0.414. The van der Waals surface area contributed by atoms with Crippen LogP contribution in [0.5, 0.6) is 0 Å². The number of hydrogen-bond donors (Lipinski definition) is 0. The predicted octanol–water partition coefficient (Wildman–Crippen LogP) is 1.55. The van der Waals surface area contributed by atoms with Crippen molar-refractivity contribution in [3.63, 3.8) is 0 Å². The summed E-state index contributed by atoms with van der Waals surface area (Å²) in [6, 6.07) is 0. The van der Waals surface area contributed by atoms with Gasteiger partial charge < -0.3 is 9.47 Å². The Labute approximate surface area is 95.6 Å². The summed E-state index contributed by atoms with van der Waals surface area (Å²) in [5, 5.41) is 0. The second-order valence-electron chi connectivity index (χ2n) is 3.98. The fourth-order valence-electron chi connectivity index (χ4n) is 2.06. The summed E-state index contributed by atoms with van der Waals surface area (Å²) < 4.78 is 9.29. The highest BCUT2D eigenvalue weighted by atomic mass is 16.5. The van der Waals surface area contributed by atoms with Gasteiger partial charge in [0.25, 0.3) is 0 Å². The van der Waals surface area contributed by atoms with Gasteiger partial charge in [-0.25, -0.2) is 0 Å². The van der Waals surface area contributed by atoms with Gasteiger partial charge in [0.1, 0.15) is 0 Å². The molecule has 0 bridgehead atoms. The second kappa shape index (κ2) is 5.68. The Morgan fingerprint density at radius 3 is 2.19 bits per heavy atom. The lowest BCUT2D eigenvalue weighted by atomic mass is 9.89. The van der Waals surface area contributed by atoms with Gasteiger partial charge in [-0.15, -0.1) is 0 Å². The van der Waals surface area contributed by atoms with Crippen molar-refractivity contribution in [2.24, 2.45) is 17.8 Å². The van der Waals surface area contributed by atoms with Crippen LogP contribution in [-0.4, -0.2) is 26.2 Å². The van der Waals surface area contributed by atoms with Gasteiger partial charge in [0, 0.05) is 5.92 Å². The highest BCUT2D eigenvalue weighted by Gasteiger charge is 2.38. The molecular formula is C12H18O4. The summed E-state index contributed by atoms with van der Waals surface area (Å²) in [5.74, 6) is -1.49. The minimum absolute atomic E-state index is 0.0927. The minimum atomic E-state index is -0.817. The summed E-state index contributed by atoms with van der Waals surface area (Å²) in [7, 11) is 2.57. The fraction of sp³-hybridized carbons (Fsp3) is 0.667. The summed E-state index contributed by atoms with van der Waals surface area (Å²) >= 11 is 0. The van der Waals surface area contributed by atoms with Crippen LogP contribution in [-0.2, 0) is 19.1 Å². The average molecular weight is 226 g/mol. The van der Waals surface area contributed by atoms with Gasteiger partial charge in [0.05, 0.1) is 14.2 Å². The molecule has 1 aliphatic rings. The van der Waals surface area contributed by atoms with Crippen molar-refractivity contribution in [3.8, 4) is 0 Å². The maximum absolute atomic E-state index is 11.5. The first-order chi connectivity index (χ1) is 7.63. The van der Waals surface area contributed by atoms with E-state index in [4.69, 9.17) is 0 Å². The molecule has 0 N–H and O–H groups in total. The normalized spacial score (nSPS) is 23.5. The molecule has 0 radical (unpaired) electrons. The lowest BCUT2D eigenvalue weighted by molar-refractivity contribution is -0.160. The SMILES string of the molecule is CC[C@@H]1C=C[C@@H](C(C(=O)OC)C(=O)OC)C1.